The molecule has 3 heterocycles. The largest absolute Gasteiger partial charge is 0.395 e. The van der Waals surface area contributed by atoms with Gasteiger partial charge in [-0.15, -0.1) is 0 Å². The molecule has 3 aliphatic rings. The van der Waals surface area contributed by atoms with Gasteiger partial charge < -0.3 is 50.3 Å². The van der Waals surface area contributed by atoms with Crippen molar-refractivity contribution in [1.82, 2.24) is 4.90 Å². The average molecular weight is 367 g/mol. The molecule has 0 aromatic heterocycles. The number of nitrogens with zero attached hydrogens (tertiary/aromatic N) is 1. The Kier molecular flexibility index (Phi) is 5.63. The van der Waals surface area contributed by atoms with E-state index < -0.39 is 80.4 Å². The normalized spacial score (nSPS) is 54.0. The van der Waals surface area contributed by atoms with Gasteiger partial charge in [0.25, 0.3) is 0 Å². The molecule has 0 spiro atoms. The van der Waals surface area contributed by atoms with E-state index in [-0.39, 0.29) is 6.54 Å². The Morgan fingerprint density at radius 1 is 0.800 bits per heavy atom. The molecular formula is C14H25NO10. The minimum Gasteiger partial charge on any atom is -0.395 e. The number of fused-ring (bicyclic) bond motifs is 1. The first kappa shape index (κ1) is 19.3. The molecule has 5 unspecified atom stereocenters. The summed E-state index contributed by atoms with van der Waals surface area (Å²) in [5, 5.41) is 78.5. The standard InChI is InChI=1S/C14H25NO10/c16-2-4-8(18)11(21)7-9(19)5(1-15(4)7)24-14-13(23)12(22)10(20)6(3-17)25-14/h4-14,16-23H,1-3H2/t4-,5+,6?,7-,8-,9-,10?,11-,12?,13?,14?/m1/s1. The summed E-state index contributed by atoms with van der Waals surface area (Å²) in [7, 11) is 0. The van der Waals surface area contributed by atoms with Crippen LogP contribution < -0.4 is 0 Å². The predicted octanol–water partition coefficient (Wildman–Crippen LogP) is -5.69. The van der Waals surface area contributed by atoms with Crippen LogP contribution >= 0.6 is 0 Å². The van der Waals surface area contributed by atoms with Crippen molar-refractivity contribution in [2.75, 3.05) is 19.8 Å². The number of ether oxygens (including phenoxy) is 2. The minimum absolute atomic E-state index is 0.0419. The highest BCUT2D eigenvalue weighted by Gasteiger charge is 2.58. The smallest absolute Gasteiger partial charge is 0.187 e. The number of aliphatic hydroxyl groups is 8. The Bertz CT molecular complexity index is 467. The predicted molar refractivity (Wildman–Crippen MR) is 78.0 cm³/mol. The van der Waals surface area contributed by atoms with Gasteiger partial charge in [0.2, 0.25) is 0 Å². The highest BCUT2D eigenvalue weighted by atomic mass is 16.7. The Labute approximate surface area is 143 Å². The SMILES string of the molecule is OCC1OC(O[C@H]2CN3[C@@H]([C@@H](O)[C@H](O)[C@H]3CO)[C@@H]2O)C(O)C(O)C1O. The summed E-state index contributed by atoms with van der Waals surface area (Å²) in [6.07, 6.45) is -12.0. The second-order valence-corrected chi connectivity index (χ2v) is 6.78. The Balaban J connectivity index is 1.70. The van der Waals surface area contributed by atoms with Gasteiger partial charge >= 0.3 is 0 Å². The number of hydrogen-bond acceptors (Lipinski definition) is 11. The van der Waals surface area contributed by atoms with Crippen LogP contribution in [0, 0.1) is 0 Å². The van der Waals surface area contributed by atoms with E-state index in [0.29, 0.717) is 0 Å². The molecule has 3 aliphatic heterocycles. The molecule has 0 radical (unpaired) electrons. The van der Waals surface area contributed by atoms with Gasteiger partial charge in [-0.2, -0.15) is 0 Å². The Morgan fingerprint density at radius 2 is 1.48 bits per heavy atom. The van der Waals surface area contributed by atoms with E-state index in [4.69, 9.17) is 9.47 Å². The van der Waals surface area contributed by atoms with Gasteiger partial charge in [0, 0.05) is 6.54 Å². The molecule has 11 nitrogen and oxygen atoms in total. The summed E-state index contributed by atoms with van der Waals surface area (Å²) in [5.41, 5.74) is 0. The summed E-state index contributed by atoms with van der Waals surface area (Å²) in [5.74, 6) is 0. The van der Waals surface area contributed by atoms with E-state index in [1.807, 2.05) is 0 Å². The van der Waals surface area contributed by atoms with Crippen LogP contribution in [0.15, 0.2) is 0 Å². The third-order valence-corrected chi connectivity index (χ3v) is 5.37. The highest BCUT2D eigenvalue weighted by molar-refractivity contribution is 5.10. The molecule has 3 fully saturated rings. The van der Waals surface area contributed by atoms with E-state index in [1.165, 1.54) is 4.90 Å². The second kappa shape index (κ2) is 7.29. The molecule has 146 valence electrons. The molecule has 11 heteroatoms. The Hall–Kier alpha value is -0.440. The van der Waals surface area contributed by atoms with Crippen molar-refractivity contribution >= 4 is 0 Å². The number of rotatable bonds is 4. The van der Waals surface area contributed by atoms with Crippen molar-refractivity contribution in [3.63, 3.8) is 0 Å². The van der Waals surface area contributed by atoms with Crippen LogP contribution in [0.3, 0.4) is 0 Å². The molecular weight excluding hydrogens is 342 g/mol. The lowest BCUT2D eigenvalue weighted by Gasteiger charge is -2.40. The molecule has 0 saturated carbocycles. The van der Waals surface area contributed by atoms with Crippen LogP contribution in [0.1, 0.15) is 0 Å². The maximum absolute atomic E-state index is 10.4. The lowest BCUT2D eigenvalue weighted by Crippen LogP contribution is -2.60. The average Bonchev–Trinajstić information content (AvgIpc) is 3.03. The van der Waals surface area contributed by atoms with E-state index in [9.17, 15) is 40.9 Å². The molecule has 3 rings (SSSR count). The summed E-state index contributed by atoms with van der Waals surface area (Å²) in [4.78, 5) is 1.52. The van der Waals surface area contributed by atoms with E-state index >= 15 is 0 Å². The number of hydrogen-bond donors (Lipinski definition) is 8. The summed E-state index contributed by atoms with van der Waals surface area (Å²) < 4.78 is 10.8. The maximum Gasteiger partial charge on any atom is 0.187 e. The van der Waals surface area contributed by atoms with E-state index in [1.54, 1.807) is 0 Å². The van der Waals surface area contributed by atoms with Crippen molar-refractivity contribution in [2.24, 2.45) is 0 Å². The molecule has 11 atom stereocenters. The van der Waals surface area contributed by atoms with Gasteiger partial charge in [-0.3, -0.25) is 4.90 Å². The first-order valence-electron chi connectivity index (χ1n) is 8.18. The molecule has 25 heavy (non-hydrogen) atoms. The van der Waals surface area contributed by atoms with E-state index in [0.717, 1.165) is 0 Å². The van der Waals surface area contributed by atoms with Gasteiger partial charge in [-0.25, -0.2) is 0 Å². The molecule has 0 aromatic rings. The maximum atomic E-state index is 10.4. The van der Waals surface area contributed by atoms with E-state index in [2.05, 4.69) is 0 Å². The molecule has 8 N–H and O–H groups in total. The van der Waals surface area contributed by atoms with Crippen molar-refractivity contribution in [2.45, 2.75) is 67.2 Å². The van der Waals surface area contributed by atoms with Crippen LogP contribution in [0.5, 0.6) is 0 Å². The van der Waals surface area contributed by atoms with Crippen molar-refractivity contribution in [1.29, 1.82) is 0 Å². The monoisotopic (exact) mass is 367 g/mol. The third-order valence-electron chi connectivity index (χ3n) is 5.37. The topological polar surface area (TPSA) is 184 Å². The lowest BCUT2D eigenvalue weighted by atomic mass is 9.99. The zero-order chi connectivity index (χ0) is 18.5. The van der Waals surface area contributed by atoms with Gasteiger partial charge in [-0.1, -0.05) is 0 Å². The number of aliphatic hydroxyl groups excluding tert-OH is 8. The highest BCUT2D eigenvalue weighted by Crippen LogP contribution is 2.36. The zero-order valence-electron chi connectivity index (χ0n) is 13.3. The molecule has 0 bridgehead atoms. The molecule has 3 saturated heterocycles. The van der Waals surface area contributed by atoms with Crippen LogP contribution in [0.2, 0.25) is 0 Å². The molecule has 0 amide bonds. The van der Waals surface area contributed by atoms with Crippen molar-refractivity contribution in [3.8, 4) is 0 Å². The fourth-order valence-corrected chi connectivity index (χ4v) is 3.92. The quantitative estimate of drug-likeness (QED) is 0.237. The van der Waals surface area contributed by atoms with Crippen molar-refractivity contribution in [3.05, 3.63) is 0 Å². The van der Waals surface area contributed by atoms with Gasteiger partial charge in [0.15, 0.2) is 6.29 Å². The zero-order valence-corrected chi connectivity index (χ0v) is 13.3. The minimum atomic E-state index is -1.61. The summed E-state index contributed by atoms with van der Waals surface area (Å²) >= 11 is 0. The van der Waals surface area contributed by atoms with Crippen LogP contribution in [-0.2, 0) is 9.47 Å². The van der Waals surface area contributed by atoms with Crippen LogP contribution in [0.25, 0.3) is 0 Å². The van der Waals surface area contributed by atoms with Crippen molar-refractivity contribution < 1.29 is 50.3 Å². The first-order valence-corrected chi connectivity index (χ1v) is 8.18. The third kappa shape index (κ3) is 3.09. The van der Waals surface area contributed by atoms with Gasteiger partial charge in [-0.05, 0) is 0 Å². The van der Waals surface area contributed by atoms with Gasteiger partial charge in [0.1, 0.15) is 30.5 Å². The van der Waals surface area contributed by atoms with Gasteiger partial charge in [0.05, 0.1) is 43.6 Å². The fourth-order valence-electron chi connectivity index (χ4n) is 3.92. The molecule has 0 aromatic carbocycles. The first-order chi connectivity index (χ1) is 11.8. The summed E-state index contributed by atoms with van der Waals surface area (Å²) in [6, 6.07) is -1.62. The molecule has 0 aliphatic carbocycles. The fraction of sp³-hybridized carbons (Fsp3) is 1.00. The lowest BCUT2D eigenvalue weighted by molar-refractivity contribution is -0.314. The second-order valence-electron chi connectivity index (χ2n) is 6.78. The van der Waals surface area contributed by atoms with Crippen LogP contribution in [-0.4, -0.2) is 133 Å². The Morgan fingerprint density at radius 3 is 2.08 bits per heavy atom. The summed E-state index contributed by atoms with van der Waals surface area (Å²) in [6.45, 7) is -0.987. The van der Waals surface area contributed by atoms with Crippen LogP contribution in [0.4, 0.5) is 0 Å².